The summed E-state index contributed by atoms with van der Waals surface area (Å²) in [6.45, 7) is 2.97. The summed E-state index contributed by atoms with van der Waals surface area (Å²) in [6.07, 6.45) is 10.1. The molecule has 2 aliphatic carbocycles. The molecular weight excluding hydrogens is 284 g/mol. The van der Waals surface area contributed by atoms with Crippen LogP contribution in [0.5, 0.6) is 0 Å². The first-order valence-corrected chi connectivity index (χ1v) is 8.59. The summed E-state index contributed by atoms with van der Waals surface area (Å²) in [7, 11) is 0. The molecule has 4 rings (SSSR count). The van der Waals surface area contributed by atoms with Crippen molar-refractivity contribution < 1.29 is 0 Å². The van der Waals surface area contributed by atoms with Gasteiger partial charge in [0.25, 0.3) is 0 Å². The molecule has 2 saturated carbocycles. The van der Waals surface area contributed by atoms with Crippen molar-refractivity contribution >= 4 is 17.3 Å². The van der Waals surface area contributed by atoms with E-state index >= 15 is 0 Å². The van der Waals surface area contributed by atoms with E-state index in [0.717, 1.165) is 22.6 Å². The molecule has 0 saturated heterocycles. The van der Waals surface area contributed by atoms with Gasteiger partial charge in [-0.05, 0) is 31.6 Å². The number of hydrogen-bond acceptors (Lipinski definition) is 4. The summed E-state index contributed by atoms with van der Waals surface area (Å²) >= 11 is 6.35. The predicted octanol–water partition coefficient (Wildman–Crippen LogP) is 3.09. The SMILES string of the molecule is CC(C1=NC2=C(Cl)CNN2C(NC2CCCC2)=C1)C1CC1. The zero-order valence-corrected chi connectivity index (χ0v) is 13.3. The monoisotopic (exact) mass is 306 g/mol. The van der Waals surface area contributed by atoms with Crippen molar-refractivity contribution in [3.63, 3.8) is 0 Å². The Hall–Kier alpha value is -1.00. The molecule has 1 unspecified atom stereocenters. The van der Waals surface area contributed by atoms with Crippen LogP contribution in [-0.2, 0) is 0 Å². The lowest BCUT2D eigenvalue weighted by Gasteiger charge is -2.31. The number of nitrogens with one attached hydrogen (secondary N) is 2. The zero-order chi connectivity index (χ0) is 14.4. The van der Waals surface area contributed by atoms with Crippen LogP contribution in [-0.4, -0.2) is 23.3 Å². The van der Waals surface area contributed by atoms with Gasteiger partial charge in [-0.3, -0.25) is 0 Å². The van der Waals surface area contributed by atoms with Crippen molar-refractivity contribution in [1.82, 2.24) is 15.8 Å². The molecule has 0 aromatic heterocycles. The highest BCUT2D eigenvalue weighted by atomic mass is 35.5. The minimum absolute atomic E-state index is 0.532. The number of fused-ring (bicyclic) bond motifs is 1. The highest BCUT2D eigenvalue weighted by Crippen LogP contribution is 2.39. The first kappa shape index (κ1) is 13.6. The van der Waals surface area contributed by atoms with E-state index in [1.54, 1.807) is 0 Å². The summed E-state index contributed by atoms with van der Waals surface area (Å²) < 4.78 is 0. The van der Waals surface area contributed by atoms with Gasteiger partial charge in [-0.25, -0.2) is 15.4 Å². The highest BCUT2D eigenvalue weighted by molar-refractivity contribution is 6.30. The number of nitrogens with zero attached hydrogens (tertiary/aromatic N) is 2. The molecule has 2 aliphatic heterocycles. The maximum absolute atomic E-state index is 6.35. The molecule has 21 heavy (non-hydrogen) atoms. The molecule has 0 spiro atoms. The first-order chi connectivity index (χ1) is 10.2. The molecule has 0 bridgehead atoms. The van der Waals surface area contributed by atoms with Gasteiger partial charge >= 0.3 is 0 Å². The quantitative estimate of drug-likeness (QED) is 0.838. The minimum atomic E-state index is 0.532. The highest BCUT2D eigenvalue weighted by Gasteiger charge is 2.35. The number of allylic oxidation sites excluding steroid dienone is 1. The zero-order valence-electron chi connectivity index (χ0n) is 12.5. The molecule has 5 heteroatoms. The van der Waals surface area contributed by atoms with Gasteiger partial charge in [-0.15, -0.1) is 0 Å². The lowest BCUT2D eigenvalue weighted by Crippen LogP contribution is -2.43. The maximum Gasteiger partial charge on any atom is 0.165 e. The predicted molar refractivity (Wildman–Crippen MR) is 85.5 cm³/mol. The largest absolute Gasteiger partial charge is 0.368 e. The number of aliphatic imine (C=N–C) groups is 1. The van der Waals surface area contributed by atoms with E-state index in [1.807, 2.05) is 5.01 Å². The molecule has 0 aromatic rings. The van der Waals surface area contributed by atoms with Crippen LogP contribution in [0.3, 0.4) is 0 Å². The third kappa shape index (κ3) is 2.59. The summed E-state index contributed by atoms with van der Waals surface area (Å²) in [5.74, 6) is 3.37. The molecule has 2 fully saturated rings. The van der Waals surface area contributed by atoms with Crippen molar-refractivity contribution in [2.45, 2.75) is 51.5 Å². The standard InChI is InChI=1S/C16H23ClN4/c1-10(11-6-7-11)14-8-15(19-12-4-2-3-5-12)21-16(20-14)13(17)9-18-21/h8,10-12,18-19H,2-7,9H2,1H3. The third-order valence-corrected chi connectivity index (χ3v) is 5.41. The molecule has 0 radical (unpaired) electrons. The summed E-state index contributed by atoms with van der Waals surface area (Å²) in [4.78, 5) is 4.82. The van der Waals surface area contributed by atoms with Crippen LogP contribution < -0.4 is 10.7 Å². The lowest BCUT2D eigenvalue weighted by molar-refractivity contribution is 0.309. The fraction of sp³-hybridized carbons (Fsp3) is 0.688. The van der Waals surface area contributed by atoms with E-state index in [9.17, 15) is 0 Å². The van der Waals surface area contributed by atoms with E-state index in [2.05, 4.69) is 23.7 Å². The van der Waals surface area contributed by atoms with Crippen LogP contribution in [0, 0.1) is 11.8 Å². The molecule has 0 aromatic carbocycles. The van der Waals surface area contributed by atoms with Crippen LogP contribution >= 0.6 is 11.6 Å². The second kappa shape index (κ2) is 5.33. The Morgan fingerprint density at radius 2 is 2.10 bits per heavy atom. The van der Waals surface area contributed by atoms with E-state index in [-0.39, 0.29) is 0 Å². The van der Waals surface area contributed by atoms with Gasteiger partial charge in [0.15, 0.2) is 5.82 Å². The fourth-order valence-electron chi connectivity index (χ4n) is 3.55. The normalized spacial score (nSPS) is 27.6. The first-order valence-electron chi connectivity index (χ1n) is 8.21. The van der Waals surface area contributed by atoms with E-state index in [1.165, 1.54) is 44.2 Å². The minimum Gasteiger partial charge on any atom is -0.368 e. The van der Waals surface area contributed by atoms with Crippen LogP contribution in [0.1, 0.15) is 45.4 Å². The second-order valence-corrected chi connectivity index (χ2v) is 7.17. The summed E-state index contributed by atoms with van der Waals surface area (Å²) in [6, 6.07) is 0.592. The number of hydrazine groups is 1. The van der Waals surface area contributed by atoms with Crippen LogP contribution in [0.25, 0.3) is 0 Å². The smallest absolute Gasteiger partial charge is 0.165 e. The molecule has 114 valence electrons. The number of rotatable bonds is 4. The Balaban J connectivity index is 1.61. The van der Waals surface area contributed by atoms with E-state index in [0.29, 0.717) is 18.5 Å². The van der Waals surface area contributed by atoms with E-state index in [4.69, 9.17) is 16.6 Å². The Morgan fingerprint density at radius 3 is 2.81 bits per heavy atom. The number of hydrogen-bond donors (Lipinski definition) is 2. The van der Waals surface area contributed by atoms with Gasteiger partial charge in [0.1, 0.15) is 5.82 Å². The number of halogens is 1. The van der Waals surface area contributed by atoms with Gasteiger partial charge in [0.05, 0.1) is 11.6 Å². The van der Waals surface area contributed by atoms with Gasteiger partial charge < -0.3 is 5.32 Å². The molecule has 2 heterocycles. The summed E-state index contributed by atoms with van der Waals surface area (Å²) in [5.41, 5.74) is 4.51. The molecule has 0 amide bonds. The Kier molecular flexibility index (Phi) is 3.46. The van der Waals surface area contributed by atoms with Gasteiger partial charge in [0, 0.05) is 23.7 Å². The molecule has 2 N–H and O–H groups in total. The summed E-state index contributed by atoms with van der Waals surface area (Å²) in [5, 5.41) is 6.55. The van der Waals surface area contributed by atoms with Crippen molar-refractivity contribution in [3.8, 4) is 0 Å². The molecule has 4 nitrogen and oxygen atoms in total. The molecular formula is C16H23ClN4. The van der Waals surface area contributed by atoms with Crippen molar-refractivity contribution in [1.29, 1.82) is 0 Å². The molecule has 1 atom stereocenters. The van der Waals surface area contributed by atoms with E-state index < -0.39 is 0 Å². The van der Waals surface area contributed by atoms with Crippen LogP contribution in [0.15, 0.2) is 27.7 Å². The average Bonchev–Trinajstić information content (AvgIpc) is 3.09. The molecule has 4 aliphatic rings. The van der Waals surface area contributed by atoms with Gasteiger partial charge in [-0.2, -0.15) is 0 Å². The van der Waals surface area contributed by atoms with Gasteiger partial charge in [-0.1, -0.05) is 31.4 Å². The maximum atomic E-state index is 6.35. The Bertz CT molecular complexity index is 526. The van der Waals surface area contributed by atoms with Crippen molar-refractivity contribution in [3.05, 3.63) is 22.8 Å². The van der Waals surface area contributed by atoms with Gasteiger partial charge in [0.2, 0.25) is 0 Å². The lowest BCUT2D eigenvalue weighted by atomic mass is 9.99. The van der Waals surface area contributed by atoms with Crippen LogP contribution in [0.4, 0.5) is 0 Å². The second-order valence-electron chi connectivity index (χ2n) is 6.72. The Labute approximate surface area is 131 Å². The fourth-order valence-corrected chi connectivity index (χ4v) is 3.74. The van der Waals surface area contributed by atoms with Crippen LogP contribution in [0.2, 0.25) is 0 Å². The topological polar surface area (TPSA) is 39.7 Å². The van der Waals surface area contributed by atoms with Crippen molar-refractivity contribution in [2.75, 3.05) is 6.54 Å². The average molecular weight is 307 g/mol. The Morgan fingerprint density at radius 1 is 1.33 bits per heavy atom. The third-order valence-electron chi connectivity index (χ3n) is 5.11. The van der Waals surface area contributed by atoms with Crippen molar-refractivity contribution in [2.24, 2.45) is 16.8 Å².